The molecule has 3 nitrogen and oxygen atoms in total. The molecule has 1 aromatic heterocycles. The Hall–Kier alpha value is -2.76. The van der Waals surface area contributed by atoms with Crippen LogP contribution >= 0.6 is 0 Å². The number of halogens is 3. The first-order chi connectivity index (χ1) is 12.9. The van der Waals surface area contributed by atoms with E-state index in [9.17, 15) is 18.0 Å². The monoisotopic (exact) mass is 372 g/mol. The molecule has 4 rings (SSSR count). The van der Waals surface area contributed by atoms with Crippen LogP contribution in [0.15, 0.2) is 36.4 Å². The maximum Gasteiger partial charge on any atom is 0.216 e. The fraction of sp³-hybridized carbons (Fsp3) is 0.286. The van der Waals surface area contributed by atoms with Crippen LogP contribution in [0.4, 0.5) is 13.2 Å². The molecule has 2 N–H and O–H groups in total. The standard InChI is InChI=1S/C21H19F3N2O/c1-11(27)25-10-12-6-14(7-12)19-17-8-16(23)9-18(24)21(17)26-20(19)13-2-4-15(22)5-3-13/h2-5,8-9,12,14,26H,6-7,10H2,1H3,(H,25,27)/t12-,14-. The number of aromatic nitrogens is 1. The smallest absolute Gasteiger partial charge is 0.216 e. The molecule has 1 saturated carbocycles. The Bertz CT molecular complexity index is 1000. The van der Waals surface area contributed by atoms with Gasteiger partial charge in [-0.1, -0.05) is 0 Å². The highest BCUT2D eigenvalue weighted by molar-refractivity contribution is 5.92. The fourth-order valence-corrected chi connectivity index (χ4v) is 3.93. The van der Waals surface area contributed by atoms with E-state index in [1.165, 1.54) is 25.1 Å². The molecule has 0 bridgehead atoms. The van der Waals surface area contributed by atoms with E-state index in [0.29, 0.717) is 23.5 Å². The molecule has 27 heavy (non-hydrogen) atoms. The van der Waals surface area contributed by atoms with Gasteiger partial charge >= 0.3 is 0 Å². The average Bonchev–Trinajstić information content (AvgIpc) is 2.93. The molecule has 1 amide bonds. The lowest BCUT2D eigenvalue weighted by atomic mass is 9.70. The molecule has 0 unspecified atom stereocenters. The Kier molecular flexibility index (Phi) is 4.42. The summed E-state index contributed by atoms with van der Waals surface area (Å²) in [5.41, 5.74) is 2.54. The van der Waals surface area contributed by atoms with Gasteiger partial charge in [-0.25, -0.2) is 13.2 Å². The molecule has 140 valence electrons. The number of carbonyl (C=O) groups excluding carboxylic acids is 1. The van der Waals surface area contributed by atoms with Crippen LogP contribution in [0.2, 0.25) is 0 Å². The lowest BCUT2D eigenvalue weighted by molar-refractivity contribution is -0.119. The Morgan fingerprint density at radius 3 is 2.48 bits per heavy atom. The number of benzene rings is 2. The summed E-state index contributed by atoms with van der Waals surface area (Å²) < 4.78 is 41.5. The number of fused-ring (bicyclic) bond motifs is 1. The Labute approximate surface area is 154 Å². The van der Waals surface area contributed by atoms with Crippen molar-refractivity contribution in [2.75, 3.05) is 6.54 Å². The molecule has 0 atom stereocenters. The summed E-state index contributed by atoms with van der Waals surface area (Å²) in [6.45, 7) is 2.08. The summed E-state index contributed by atoms with van der Waals surface area (Å²) in [6, 6.07) is 8.16. The van der Waals surface area contributed by atoms with E-state index in [1.807, 2.05) is 0 Å². The number of hydrogen-bond acceptors (Lipinski definition) is 1. The van der Waals surface area contributed by atoms with Gasteiger partial charge in [-0.2, -0.15) is 0 Å². The molecule has 1 fully saturated rings. The maximum absolute atomic E-state index is 14.3. The lowest BCUT2D eigenvalue weighted by Crippen LogP contribution is -2.34. The van der Waals surface area contributed by atoms with Gasteiger partial charge in [0.25, 0.3) is 0 Å². The highest BCUT2D eigenvalue weighted by Crippen LogP contribution is 2.48. The van der Waals surface area contributed by atoms with Crippen molar-refractivity contribution in [2.24, 2.45) is 5.92 Å². The zero-order valence-corrected chi connectivity index (χ0v) is 14.8. The molecule has 0 saturated heterocycles. The SMILES string of the molecule is CC(=O)NC[C@H]1C[C@H](c2c(-c3ccc(F)cc3)[nH]c3c(F)cc(F)cc32)C1. The minimum atomic E-state index is -0.645. The summed E-state index contributed by atoms with van der Waals surface area (Å²) in [6.07, 6.45) is 1.64. The van der Waals surface area contributed by atoms with Gasteiger partial charge in [0.1, 0.15) is 17.5 Å². The molecule has 1 heterocycles. The van der Waals surface area contributed by atoms with E-state index < -0.39 is 11.6 Å². The third-order valence-corrected chi connectivity index (χ3v) is 5.28. The first-order valence-electron chi connectivity index (χ1n) is 8.93. The quantitative estimate of drug-likeness (QED) is 0.673. The zero-order chi connectivity index (χ0) is 19.1. The number of amides is 1. The minimum Gasteiger partial charge on any atom is -0.356 e. The summed E-state index contributed by atoms with van der Waals surface area (Å²) >= 11 is 0. The van der Waals surface area contributed by atoms with Gasteiger partial charge in [-0.3, -0.25) is 4.79 Å². The number of hydrogen-bond donors (Lipinski definition) is 2. The van der Waals surface area contributed by atoms with Gasteiger partial charge in [0.05, 0.1) is 11.2 Å². The minimum absolute atomic E-state index is 0.0679. The third-order valence-electron chi connectivity index (χ3n) is 5.28. The fourth-order valence-electron chi connectivity index (χ4n) is 3.93. The van der Waals surface area contributed by atoms with E-state index in [4.69, 9.17) is 0 Å². The number of rotatable bonds is 4. The average molecular weight is 372 g/mol. The van der Waals surface area contributed by atoms with Crippen molar-refractivity contribution >= 4 is 16.8 Å². The van der Waals surface area contributed by atoms with E-state index in [0.717, 1.165) is 30.0 Å². The second-order valence-electron chi connectivity index (χ2n) is 7.20. The summed E-state index contributed by atoms with van der Waals surface area (Å²) in [7, 11) is 0. The molecule has 1 aliphatic carbocycles. The molecular weight excluding hydrogens is 353 g/mol. The van der Waals surface area contributed by atoms with Crippen molar-refractivity contribution in [2.45, 2.75) is 25.7 Å². The van der Waals surface area contributed by atoms with Crippen molar-refractivity contribution in [1.82, 2.24) is 10.3 Å². The Morgan fingerprint density at radius 2 is 1.81 bits per heavy atom. The zero-order valence-electron chi connectivity index (χ0n) is 14.8. The predicted molar refractivity (Wildman–Crippen MR) is 97.8 cm³/mol. The van der Waals surface area contributed by atoms with Crippen molar-refractivity contribution in [3.8, 4) is 11.3 Å². The largest absolute Gasteiger partial charge is 0.356 e. The first-order valence-corrected chi connectivity index (χ1v) is 8.93. The van der Waals surface area contributed by atoms with Crippen molar-refractivity contribution in [3.05, 3.63) is 59.4 Å². The van der Waals surface area contributed by atoms with Crippen LogP contribution in [0.3, 0.4) is 0 Å². The van der Waals surface area contributed by atoms with Gasteiger partial charge < -0.3 is 10.3 Å². The lowest BCUT2D eigenvalue weighted by Gasteiger charge is -2.36. The van der Waals surface area contributed by atoms with Crippen molar-refractivity contribution in [3.63, 3.8) is 0 Å². The number of H-pyrrole nitrogens is 1. The summed E-state index contributed by atoms with van der Waals surface area (Å²) in [5, 5.41) is 3.34. The Morgan fingerprint density at radius 1 is 1.11 bits per heavy atom. The topological polar surface area (TPSA) is 44.9 Å². The van der Waals surface area contributed by atoms with Crippen LogP contribution in [0.25, 0.3) is 22.2 Å². The molecule has 0 aliphatic heterocycles. The predicted octanol–water partition coefficient (Wildman–Crippen LogP) is 4.88. The van der Waals surface area contributed by atoms with Crippen molar-refractivity contribution in [1.29, 1.82) is 0 Å². The normalized spacial score (nSPS) is 19.1. The summed E-state index contributed by atoms with van der Waals surface area (Å²) in [4.78, 5) is 14.2. The third kappa shape index (κ3) is 3.31. The second-order valence-corrected chi connectivity index (χ2v) is 7.20. The number of carbonyl (C=O) groups is 1. The maximum atomic E-state index is 14.3. The molecule has 0 radical (unpaired) electrons. The van der Waals surface area contributed by atoms with E-state index in [1.54, 1.807) is 12.1 Å². The number of aromatic amines is 1. The molecular formula is C21H19F3N2O. The molecule has 6 heteroatoms. The number of nitrogens with one attached hydrogen (secondary N) is 2. The molecule has 1 aliphatic rings. The summed E-state index contributed by atoms with van der Waals surface area (Å²) in [5.74, 6) is -1.23. The van der Waals surface area contributed by atoms with E-state index >= 15 is 0 Å². The van der Waals surface area contributed by atoms with Crippen LogP contribution in [0.1, 0.15) is 31.2 Å². The molecule has 3 aromatic rings. The molecule has 2 aromatic carbocycles. The van der Waals surface area contributed by atoms with Crippen LogP contribution in [-0.2, 0) is 4.79 Å². The van der Waals surface area contributed by atoms with Gasteiger partial charge in [-0.15, -0.1) is 0 Å². The van der Waals surface area contributed by atoms with Gasteiger partial charge in [0, 0.05) is 24.9 Å². The van der Waals surface area contributed by atoms with Gasteiger partial charge in [0.15, 0.2) is 0 Å². The van der Waals surface area contributed by atoms with E-state index in [-0.39, 0.29) is 23.2 Å². The molecule has 0 spiro atoms. The van der Waals surface area contributed by atoms with Crippen LogP contribution in [0.5, 0.6) is 0 Å². The van der Waals surface area contributed by atoms with Crippen molar-refractivity contribution < 1.29 is 18.0 Å². The van der Waals surface area contributed by atoms with Gasteiger partial charge in [0.2, 0.25) is 5.91 Å². The van der Waals surface area contributed by atoms with E-state index in [2.05, 4.69) is 10.3 Å². The highest BCUT2D eigenvalue weighted by atomic mass is 19.1. The Balaban J connectivity index is 1.74. The first kappa shape index (κ1) is 17.6. The van der Waals surface area contributed by atoms with Gasteiger partial charge in [-0.05, 0) is 66.1 Å². The van der Waals surface area contributed by atoms with Crippen LogP contribution in [-0.4, -0.2) is 17.4 Å². The van der Waals surface area contributed by atoms with Crippen LogP contribution < -0.4 is 5.32 Å². The highest BCUT2D eigenvalue weighted by Gasteiger charge is 2.34. The second kappa shape index (κ2) is 6.76. The van der Waals surface area contributed by atoms with Crippen LogP contribution in [0, 0.1) is 23.4 Å².